The molecule has 1 aliphatic heterocycles. The van der Waals surface area contributed by atoms with Gasteiger partial charge in [0, 0.05) is 49.9 Å². The molecule has 0 saturated carbocycles. The Morgan fingerprint density at radius 3 is 2.66 bits per heavy atom. The Kier molecular flexibility index (Phi) is 9.96. The number of nitrogens with zero attached hydrogens (tertiary/aromatic N) is 3. The Hall–Kier alpha value is -4.06. The van der Waals surface area contributed by atoms with E-state index in [1.807, 2.05) is 18.2 Å². The van der Waals surface area contributed by atoms with Crippen molar-refractivity contribution in [1.29, 1.82) is 0 Å². The highest BCUT2D eigenvalue weighted by Crippen LogP contribution is 2.23. The lowest BCUT2D eigenvalue weighted by atomic mass is 10.2. The van der Waals surface area contributed by atoms with Crippen LogP contribution >= 0.6 is 0 Å². The number of benzene rings is 2. The first kappa shape index (κ1) is 27.0. The van der Waals surface area contributed by atoms with Crippen molar-refractivity contribution in [2.24, 2.45) is 0 Å². The fourth-order valence-corrected chi connectivity index (χ4v) is 3.61. The van der Waals surface area contributed by atoms with Crippen molar-refractivity contribution < 1.29 is 23.4 Å². The van der Waals surface area contributed by atoms with Crippen LogP contribution < -0.4 is 20.7 Å². The van der Waals surface area contributed by atoms with Crippen LogP contribution in [0.2, 0.25) is 0 Å². The summed E-state index contributed by atoms with van der Waals surface area (Å²) in [6.45, 7) is 4.77. The van der Waals surface area contributed by atoms with Crippen molar-refractivity contribution in [2.45, 2.75) is 0 Å². The SMILES string of the molecule is COCCOc1ccc(Nc2ncc(F)c(Nc3cccc(NC(=O)/C=C/CN4CCOCC4)c3)n2)cc1. The molecule has 1 aromatic heterocycles. The summed E-state index contributed by atoms with van der Waals surface area (Å²) >= 11 is 0. The highest BCUT2D eigenvalue weighted by atomic mass is 19.1. The summed E-state index contributed by atoms with van der Waals surface area (Å²) in [5.41, 5.74) is 1.84. The minimum absolute atomic E-state index is 0.00379. The summed E-state index contributed by atoms with van der Waals surface area (Å²) in [5.74, 6) is 0.0606. The van der Waals surface area contributed by atoms with E-state index in [4.69, 9.17) is 14.2 Å². The van der Waals surface area contributed by atoms with Gasteiger partial charge in [0.15, 0.2) is 11.6 Å². The molecule has 0 spiro atoms. The number of hydrogen-bond donors (Lipinski definition) is 3. The predicted octanol–water partition coefficient (Wildman–Crippen LogP) is 3.96. The van der Waals surface area contributed by atoms with Crippen molar-refractivity contribution in [3.63, 3.8) is 0 Å². The molecular formula is C27H31FN6O4. The molecule has 3 aromatic rings. The van der Waals surface area contributed by atoms with Gasteiger partial charge in [0.25, 0.3) is 0 Å². The molecule has 1 amide bonds. The highest BCUT2D eigenvalue weighted by molar-refractivity contribution is 5.99. The molecule has 200 valence electrons. The summed E-state index contributed by atoms with van der Waals surface area (Å²) < 4.78 is 30.3. The van der Waals surface area contributed by atoms with E-state index >= 15 is 0 Å². The number of anilines is 5. The number of halogens is 1. The first-order chi connectivity index (χ1) is 18.6. The third-order valence-corrected chi connectivity index (χ3v) is 5.54. The average Bonchev–Trinajstić information content (AvgIpc) is 2.92. The van der Waals surface area contributed by atoms with Crippen LogP contribution in [0, 0.1) is 5.82 Å². The molecule has 0 unspecified atom stereocenters. The molecule has 10 nitrogen and oxygen atoms in total. The maximum absolute atomic E-state index is 14.5. The number of carbonyl (C=O) groups is 1. The van der Waals surface area contributed by atoms with Gasteiger partial charge in [-0.1, -0.05) is 12.1 Å². The zero-order valence-electron chi connectivity index (χ0n) is 21.2. The molecule has 4 rings (SSSR count). The smallest absolute Gasteiger partial charge is 0.248 e. The first-order valence-electron chi connectivity index (χ1n) is 12.2. The first-order valence-corrected chi connectivity index (χ1v) is 12.2. The van der Waals surface area contributed by atoms with Gasteiger partial charge in [0.05, 0.1) is 26.0 Å². The van der Waals surface area contributed by atoms with Crippen LogP contribution in [0.1, 0.15) is 0 Å². The van der Waals surface area contributed by atoms with Crippen LogP contribution in [0.5, 0.6) is 5.75 Å². The average molecular weight is 523 g/mol. The van der Waals surface area contributed by atoms with Gasteiger partial charge in [-0.2, -0.15) is 4.98 Å². The molecule has 0 bridgehead atoms. The van der Waals surface area contributed by atoms with E-state index in [0.717, 1.165) is 19.3 Å². The van der Waals surface area contributed by atoms with E-state index in [1.165, 1.54) is 6.08 Å². The van der Waals surface area contributed by atoms with E-state index in [9.17, 15) is 9.18 Å². The molecule has 11 heteroatoms. The fraction of sp³-hybridized carbons (Fsp3) is 0.296. The van der Waals surface area contributed by atoms with Crippen LogP contribution in [-0.4, -0.2) is 73.9 Å². The molecule has 2 heterocycles. The van der Waals surface area contributed by atoms with E-state index in [-0.39, 0.29) is 17.7 Å². The van der Waals surface area contributed by atoms with Crippen molar-refractivity contribution in [3.05, 3.63) is 72.7 Å². The largest absolute Gasteiger partial charge is 0.491 e. The minimum atomic E-state index is -0.613. The lowest BCUT2D eigenvalue weighted by Gasteiger charge is -2.25. The van der Waals surface area contributed by atoms with Crippen LogP contribution in [0.25, 0.3) is 0 Å². The second-order valence-electron chi connectivity index (χ2n) is 8.39. The Bertz CT molecular complexity index is 1220. The third kappa shape index (κ3) is 8.51. The van der Waals surface area contributed by atoms with Gasteiger partial charge in [0.2, 0.25) is 11.9 Å². The van der Waals surface area contributed by atoms with Crippen LogP contribution in [-0.2, 0) is 14.3 Å². The Balaban J connectivity index is 1.33. The zero-order chi connectivity index (χ0) is 26.6. The van der Waals surface area contributed by atoms with E-state index in [1.54, 1.807) is 43.5 Å². The second kappa shape index (κ2) is 14.0. The minimum Gasteiger partial charge on any atom is -0.491 e. The van der Waals surface area contributed by atoms with Crippen molar-refractivity contribution in [3.8, 4) is 5.75 Å². The fourth-order valence-electron chi connectivity index (χ4n) is 3.61. The monoisotopic (exact) mass is 522 g/mol. The summed E-state index contributed by atoms with van der Waals surface area (Å²) in [6.07, 6.45) is 4.43. The number of rotatable bonds is 12. The van der Waals surface area contributed by atoms with Crippen molar-refractivity contribution in [1.82, 2.24) is 14.9 Å². The van der Waals surface area contributed by atoms with Gasteiger partial charge < -0.3 is 30.2 Å². The molecule has 0 aliphatic carbocycles. The molecule has 1 aliphatic rings. The molecule has 0 atom stereocenters. The maximum atomic E-state index is 14.5. The quantitative estimate of drug-likeness (QED) is 0.241. The number of morpholine rings is 1. The molecule has 2 aromatic carbocycles. The number of methoxy groups -OCH3 is 1. The molecule has 38 heavy (non-hydrogen) atoms. The molecule has 3 N–H and O–H groups in total. The van der Waals surface area contributed by atoms with Crippen molar-refractivity contribution >= 4 is 34.7 Å². The highest BCUT2D eigenvalue weighted by Gasteiger charge is 2.10. The molecule has 1 fully saturated rings. The number of ether oxygens (including phenoxy) is 3. The summed E-state index contributed by atoms with van der Waals surface area (Å²) in [6, 6.07) is 14.2. The van der Waals surface area contributed by atoms with Gasteiger partial charge in [0.1, 0.15) is 12.4 Å². The normalized spacial score (nSPS) is 13.8. The van der Waals surface area contributed by atoms with Gasteiger partial charge in [-0.3, -0.25) is 9.69 Å². The number of hydrogen-bond acceptors (Lipinski definition) is 9. The molecular weight excluding hydrogens is 491 g/mol. The summed E-state index contributed by atoms with van der Waals surface area (Å²) in [4.78, 5) is 22.8. The van der Waals surface area contributed by atoms with Crippen molar-refractivity contribution in [2.75, 3.05) is 69.1 Å². The van der Waals surface area contributed by atoms with Crippen LogP contribution in [0.3, 0.4) is 0 Å². The second-order valence-corrected chi connectivity index (χ2v) is 8.39. The zero-order valence-corrected chi connectivity index (χ0v) is 21.2. The number of aromatic nitrogens is 2. The Labute approximate surface area is 220 Å². The predicted molar refractivity (Wildman–Crippen MR) is 144 cm³/mol. The molecule has 0 radical (unpaired) electrons. The number of carbonyl (C=O) groups excluding carboxylic acids is 1. The van der Waals surface area contributed by atoms with Gasteiger partial charge in [-0.25, -0.2) is 9.37 Å². The lowest BCUT2D eigenvalue weighted by molar-refractivity contribution is -0.111. The Morgan fingerprint density at radius 1 is 1.08 bits per heavy atom. The maximum Gasteiger partial charge on any atom is 0.248 e. The van der Waals surface area contributed by atoms with E-state index in [0.29, 0.717) is 55.8 Å². The third-order valence-electron chi connectivity index (χ3n) is 5.54. The van der Waals surface area contributed by atoms with E-state index in [2.05, 4.69) is 30.8 Å². The summed E-state index contributed by atoms with van der Waals surface area (Å²) in [7, 11) is 1.62. The number of amides is 1. The molecule has 1 saturated heterocycles. The Morgan fingerprint density at radius 2 is 1.87 bits per heavy atom. The van der Waals surface area contributed by atoms with E-state index < -0.39 is 5.82 Å². The van der Waals surface area contributed by atoms with Gasteiger partial charge >= 0.3 is 0 Å². The lowest BCUT2D eigenvalue weighted by Crippen LogP contribution is -2.36. The topological polar surface area (TPSA) is 110 Å². The van der Waals surface area contributed by atoms with Gasteiger partial charge in [-0.15, -0.1) is 0 Å². The van der Waals surface area contributed by atoms with Crippen LogP contribution in [0.15, 0.2) is 66.9 Å². The number of nitrogens with one attached hydrogen (secondary N) is 3. The van der Waals surface area contributed by atoms with Gasteiger partial charge in [-0.05, 0) is 42.5 Å². The standard InChI is InChI=1S/C27H31FN6O4/c1-36-16-17-38-23-9-7-20(8-10-23)32-27-29-19-24(28)26(33-27)31-22-5-2-4-21(18-22)30-25(35)6-3-11-34-12-14-37-15-13-34/h2-10,18-19H,11-17H2,1H3,(H,30,35)(H2,29,31,32,33)/b6-3+. The van der Waals surface area contributed by atoms with Crippen LogP contribution in [0.4, 0.5) is 33.2 Å². The summed E-state index contributed by atoms with van der Waals surface area (Å²) in [5, 5.41) is 8.82.